The summed E-state index contributed by atoms with van der Waals surface area (Å²) in [5.74, 6) is 0. The summed E-state index contributed by atoms with van der Waals surface area (Å²) in [4.78, 5) is 6.18. The summed E-state index contributed by atoms with van der Waals surface area (Å²) in [5, 5.41) is 0. The number of hydrogen-bond donors (Lipinski definition) is 0. The molecule has 0 fully saturated rings. The Morgan fingerprint density at radius 3 is 1.96 bits per heavy atom. The molecule has 2 aromatic rings. The molecule has 1 aliphatic heterocycles. The lowest BCUT2D eigenvalue weighted by Gasteiger charge is -2.15. The third kappa shape index (κ3) is 4.55. The Labute approximate surface area is 137 Å². The normalized spacial score (nSPS) is 14.7. The van der Waals surface area contributed by atoms with Gasteiger partial charge in [0.15, 0.2) is 0 Å². The molecule has 1 aromatic carbocycles. The molecule has 0 aliphatic carbocycles. The van der Waals surface area contributed by atoms with E-state index in [2.05, 4.69) is 83.9 Å². The molecule has 1 aromatic heterocycles. The molecular weight excluding hydrogens is 280 g/mol. The monoisotopic (exact) mass is 300 g/mol. The van der Waals surface area contributed by atoms with Gasteiger partial charge in [-0.25, -0.2) is 0 Å². The molecule has 0 amide bonds. The first kappa shape index (κ1) is 15.0. The SMILES string of the molecule is CN1C=CC(C=Cc2ccc(C=Cc3ccncc3)cc2)=CC1. The van der Waals surface area contributed by atoms with Gasteiger partial charge >= 0.3 is 0 Å². The van der Waals surface area contributed by atoms with Crippen LogP contribution in [0.2, 0.25) is 0 Å². The van der Waals surface area contributed by atoms with Crippen LogP contribution in [-0.4, -0.2) is 23.5 Å². The quantitative estimate of drug-likeness (QED) is 0.817. The molecule has 2 heterocycles. The fourth-order valence-corrected chi connectivity index (χ4v) is 2.29. The summed E-state index contributed by atoms with van der Waals surface area (Å²) >= 11 is 0. The van der Waals surface area contributed by atoms with Crippen LogP contribution in [0.5, 0.6) is 0 Å². The lowest BCUT2D eigenvalue weighted by molar-refractivity contribution is 0.503. The van der Waals surface area contributed by atoms with Crippen molar-refractivity contribution in [2.75, 3.05) is 13.6 Å². The molecule has 23 heavy (non-hydrogen) atoms. The van der Waals surface area contributed by atoms with Gasteiger partial charge in [-0.3, -0.25) is 4.98 Å². The van der Waals surface area contributed by atoms with Crippen molar-refractivity contribution in [2.24, 2.45) is 0 Å². The third-order valence-corrected chi connectivity index (χ3v) is 3.72. The van der Waals surface area contributed by atoms with Crippen LogP contribution in [0.4, 0.5) is 0 Å². The number of likely N-dealkylation sites (N-methyl/N-ethyl adjacent to an activating group) is 1. The van der Waals surface area contributed by atoms with Crippen molar-refractivity contribution in [3.8, 4) is 0 Å². The maximum atomic E-state index is 4.02. The van der Waals surface area contributed by atoms with E-state index in [0.29, 0.717) is 0 Å². The van der Waals surface area contributed by atoms with E-state index in [1.165, 1.54) is 16.7 Å². The zero-order valence-electron chi connectivity index (χ0n) is 13.3. The highest BCUT2D eigenvalue weighted by Gasteiger charge is 1.96. The molecule has 0 spiro atoms. The fraction of sp³-hybridized carbons (Fsp3) is 0.0952. The molecule has 0 atom stereocenters. The summed E-state index contributed by atoms with van der Waals surface area (Å²) in [6.07, 6.45) is 18.6. The van der Waals surface area contributed by atoms with Gasteiger partial charge in [-0.15, -0.1) is 0 Å². The third-order valence-electron chi connectivity index (χ3n) is 3.72. The van der Waals surface area contributed by atoms with Crippen molar-refractivity contribution in [3.05, 3.63) is 95.5 Å². The van der Waals surface area contributed by atoms with Gasteiger partial charge in [0.05, 0.1) is 0 Å². The number of rotatable bonds is 4. The zero-order chi connectivity index (χ0) is 15.9. The van der Waals surface area contributed by atoms with Gasteiger partial charge in [0.2, 0.25) is 0 Å². The van der Waals surface area contributed by atoms with Gasteiger partial charge in [-0.05, 0) is 46.7 Å². The first-order valence-corrected chi connectivity index (χ1v) is 7.74. The first-order chi connectivity index (χ1) is 11.3. The van der Waals surface area contributed by atoms with Crippen molar-refractivity contribution < 1.29 is 0 Å². The van der Waals surface area contributed by atoms with E-state index in [-0.39, 0.29) is 0 Å². The zero-order valence-corrected chi connectivity index (χ0v) is 13.3. The Morgan fingerprint density at radius 2 is 1.39 bits per heavy atom. The molecule has 114 valence electrons. The molecule has 2 nitrogen and oxygen atoms in total. The van der Waals surface area contributed by atoms with Crippen LogP contribution >= 0.6 is 0 Å². The van der Waals surface area contributed by atoms with Crippen molar-refractivity contribution in [2.45, 2.75) is 0 Å². The maximum Gasteiger partial charge on any atom is 0.0359 e. The molecule has 3 rings (SSSR count). The lowest BCUT2D eigenvalue weighted by Crippen LogP contribution is -2.12. The highest BCUT2D eigenvalue weighted by molar-refractivity contribution is 5.70. The van der Waals surface area contributed by atoms with Crippen LogP contribution in [0.1, 0.15) is 16.7 Å². The highest BCUT2D eigenvalue weighted by Crippen LogP contribution is 2.13. The van der Waals surface area contributed by atoms with Gasteiger partial charge in [-0.2, -0.15) is 0 Å². The Hall–Kier alpha value is -2.87. The molecule has 0 radical (unpaired) electrons. The Morgan fingerprint density at radius 1 is 0.826 bits per heavy atom. The second kappa shape index (κ2) is 7.41. The van der Waals surface area contributed by atoms with Crippen LogP contribution in [0.15, 0.2) is 78.8 Å². The van der Waals surface area contributed by atoms with E-state index in [1.807, 2.05) is 12.1 Å². The van der Waals surface area contributed by atoms with Crippen LogP contribution in [0.25, 0.3) is 18.2 Å². The number of allylic oxidation sites excluding steroid dienone is 3. The Kier molecular flexibility index (Phi) is 4.85. The Balaban J connectivity index is 1.63. The van der Waals surface area contributed by atoms with Crippen molar-refractivity contribution in [1.82, 2.24) is 9.88 Å². The number of pyridine rings is 1. The molecule has 0 saturated heterocycles. The number of aromatic nitrogens is 1. The van der Waals surface area contributed by atoms with E-state index in [4.69, 9.17) is 0 Å². The van der Waals surface area contributed by atoms with E-state index in [9.17, 15) is 0 Å². The summed E-state index contributed by atoms with van der Waals surface area (Å²) in [6, 6.07) is 12.5. The fourth-order valence-electron chi connectivity index (χ4n) is 2.29. The minimum absolute atomic E-state index is 0.967. The second-order valence-corrected chi connectivity index (χ2v) is 5.57. The Bertz CT molecular complexity index is 750. The molecule has 0 saturated carbocycles. The van der Waals surface area contributed by atoms with Gasteiger partial charge in [0, 0.05) is 26.0 Å². The maximum absolute atomic E-state index is 4.02. The van der Waals surface area contributed by atoms with E-state index < -0.39 is 0 Å². The molecule has 1 aliphatic rings. The van der Waals surface area contributed by atoms with Gasteiger partial charge < -0.3 is 4.90 Å². The van der Waals surface area contributed by atoms with E-state index in [0.717, 1.165) is 12.1 Å². The predicted octanol–water partition coefficient (Wildman–Crippen LogP) is 4.65. The minimum Gasteiger partial charge on any atom is -0.377 e. The topological polar surface area (TPSA) is 16.1 Å². The minimum atomic E-state index is 0.967. The lowest BCUT2D eigenvalue weighted by atomic mass is 10.1. The average Bonchev–Trinajstić information content (AvgIpc) is 2.61. The molecule has 0 bridgehead atoms. The summed E-state index contributed by atoms with van der Waals surface area (Å²) < 4.78 is 0. The van der Waals surface area contributed by atoms with Crippen LogP contribution in [0, 0.1) is 0 Å². The van der Waals surface area contributed by atoms with Crippen LogP contribution in [0.3, 0.4) is 0 Å². The van der Waals surface area contributed by atoms with Crippen molar-refractivity contribution in [1.29, 1.82) is 0 Å². The predicted molar refractivity (Wildman–Crippen MR) is 98.5 cm³/mol. The van der Waals surface area contributed by atoms with E-state index in [1.54, 1.807) is 12.4 Å². The summed E-state index contributed by atoms with van der Waals surface area (Å²) in [7, 11) is 2.08. The van der Waals surface area contributed by atoms with Gasteiger partial charge in [0.25, 0.3) is 0 Å². The molecule has 0 unspecified atom stereocenters. The highest BCUT2D eigenvalue weighted by atomic mass is 15.1. The van der Waals surface area contributed by atoms with Crippen molar-refractivity contribution in [3.63, 3.8) is 0 Å². The molecular formula is C21H20N2. The summed E-state index contributed by atoms with van der Waals surface area (Å²) in [6.45, 7) is 0.967. The number of benzene rings is 1. The number of nitrogens with zero attached hydrogens (tertiary/aromatic N) is 2. The largest absolute Gasteiger partial charge is 0.377 e. The first-order valence-electron chi connectivity index (χ1n) is 7.74. The van der Waals surface area contributed by atoms with Gasteiger partial charge in [0.1, 0.15) is 0 Å². The molecule has 2 heteroatoms. The van der Waals surface area contributed by atoms with Crippen molar-refractivity contribution >= 4 is 18.2 Å². The average molecular weight is 300 g/mol. The second-order valence-electron chi connectivity index (χ2n) is 5.57. The molecule has 0 N–H and O–H groups in total. The number of hydrogen-bond acceptors (Lipinski definition) is 2. The van der Waals surface area contributed by atoms with E-state index >= 15 is 0 Å². The van der Waals surface area contributed by atoms with Crippen LogP contribution < -0.4 is 0 Å². The smallest absolute Gasteiger partial charge is 0.0359 e. The summed E-state index contributed by atoms with van der Waals surface area (Å²) in [5.41, 5.74) is 4.81. The standard InChI is InChI=1S/C21H20N2/c1-23-16-12-21(13-17-23)9-7-19-4-2-18(3-5-19)6-8-20-10-14-22-15-11-20/h2-16H,17H2,1H3. The van der Waals surface area contributed by atoms with Gasteiger partial charge in [-0.1, -0.05) is 54.6 Å². The van der Waals surface area contributed by atoms with Crippen LogP contribution in [-0.2, 0) is 0 Å².